The van der Waals surface area contributed by atoms with Gasteiger partial charge in [0.05, 0.1) is 12.7 Å². The number of aliphatic hydroxyl groups is 1. The van der Waals surface area contributed by atoms with E-state index < -0.39 is 92.2 Å². The van der Waals surface area contributed by atoms with Gasteiger partial charge < -0.3 is 14.3 Å². The maximum Gasteiger partial charge on any atom is 0.460 e. The van der Waals surface area contributed by atoms with Gasteiger partial charge in [-0.05, 0) is 34.8 Å². The Hall–Kier alpha value is -2.29. The number of rotatable bonds is 19. The number of alkyl halides is 17. The second-order valence-corrected chi connectivity index (χ2v) is 17.2. The zero-order valence-electron chi connectivity index (χ0n) is 26.9. The highest BCUT2D eigenvalue weighted by Gasteiger charge is 2.95. The molecular formula is C29H35F17O3Si. The summed E-state index contributed by atoms with van der Waals surface area (Å²) in [5.41, 5.74) is -1.16. The highest BCUT2D eigenvalue weighted by molar-refractivity contribution is 6.76. The van der Waals surface area contributed by atoms with Crippen molar-refractivity contribution in [3.63, 3.8) is 0 Å². The van der Waals surface area contributed by atoms with E-state index in [9.17, 15) is 79.7 Å². The van der Waals surface area contributed by atoms with Gasteiger partial charge in [0.2, 0.25) is 0 Å². The molecule has 0 saturated carbocycles. The van der Waals surface area contributed by atoms with Crippen LogP contribution < -0.4 is 4.74 Å². The third kappa shape index (κ3) is 7.87. The fourth-order valence-electron chi connectivity index (χ4n) is 4.94. The average Bonchev–Trinajstić information content (AvgIpc) is 2.98. The molecule has 1 aromatic carbocycles. The van der Waals surface area contributed by atoms with E-state index in [0.717, 1.165) is 0 Å². The van der Waals surface area contributed by atoms with Crippen molar-refractivity contribution in [1.82, 2.24) is 0 Å². The molecule has 0 spiro atoms. The zero-order valence-corrected chi connectivity index (χ0v) is 27.9. The van der Waals surface area contributed by atoms with Gasteiger partial charge in [0.15, 0.2) is 8.32 Å². The van der Waals surface area contributed by atoms with Crippen LogP contribution in [-0.2, 0) is 4.43 Å². The molecular weight excluding hydrogens is 747 g/mol. The first kappa shape index (κ1) is 45.7. The summed E-state index contributed by atoms with van der Waals surface area (Å²) in [6.07, 6.45) is -9.72. The van der Waals surface area contributed by atoms with Crippen LogP contribution in [0.25, 0.3) is 0 Å². The van der Waals surface area contributed by atoms with Gasteiger partial charge in [-0.1, -0.05) is 52.8 Å². The average molecular weight is 783 g/mol. The first-order chi connectivity index (χ1) is 22.2. The Bertz CT molecular complexity index is 1260. The van der Waals surface area contributed by atoms with Gasteiger partial charge in [-0.15, -0.1) is 6.58 Å². The molecule has 50 heavy (non-hydrogen) atoms. The smallest absolute Gasteiger partial charge is 0.460 e. The molecule has 2 atom stereocenters. The van der Waals surface area contributed by atoms with Crippen molar-refractivity contribution < 1.29 is 88.9 Å². The normalized spacial score (nSPS) is 16.2. The largest absolute Gasteiger partial charge is 0.491 e. The minimum Gasteiger partial charge on any atom is -0.491 e. The third-order valence-corrected chi connectivity index (χ3v) is 14.1. The van der Waals surface area contributed by atoms with Crippen LogP contribution in [0.2, 0.25) is 17.1 Å². The molecule has 0 aromatic heterocycles. The first-order valence-electron chi connectivity index (χ1n) is 14.6. The van der Waals surface area contributed by atoms with Gasteiger partial charge in [0.25, 0.3) is 0 Å². The number of ether oxygens (including phenoxy) is 1. The lowest BCUT2D eigenvalue weighted by Crippen LogP contribution is -2.74. The van der Waals surface area contributed by atoms with Crippen molar-refractivity contribution in [1.29, 1.82) is 0 Å². The maximum atomic E-state index is 14.8. The number of halogens is 17. The molecule has 0 unspecified atom stereocenters. The Morgan fingerprint density at radius 3 is 1.42 bits per heavy atom. The number of aliphatic hydroxyl groups excluding tert-OH is 1. The molecule has 0 amide bonds. The van der Waals surface area contributed by atoms with Crippen LogP contribution in [0.5, 0.6) is 5.75 Å². The zero-order chi connectivity index (χ0) is 39.7. The third-order valence-electron chi connectivity index (χ3n) is 8.39. The molecule has 0 aliphatic rings. The Balaban J connectivity index is 3.30. The summed E-state index contributed by atoms with van der Waals surface area (Å²) in [4.78, 5) is 0. The van der Waals surface area contributed by atoms with Crippen LogP contribution in [0, 0.1) is 5.92 Å². The van der Waals surface area contributed by atoms with E-state index in [0.29, 0.717) is 5.56 Å². The number of hydrogen-bond acceptors (Lipinski definition) is 3. The summed E-state index contributed by atoms with van der Waals surface area (Å²) in [7, 11) is -3.90. The van der Waals surface area contributed by atoms with E-state index in [1.165, 1.54) is 58.0 Å². The second kappa shape index (κ2) is 15.0. The van der Waals surface area contributed by atoms with Gasteiger partial charge >= 0.3 is 47.6 Å². The van der Waals surface area contributed by atoms with E-state index >= 15 is 0 Å². The first-order valence-corrected chi connectivity index (χ1v) is 16.8. The van der Waals surface area contributed by atoms with E-state index in [-0.39, 0.29) is 18.3 Å². The van der Waals surface area contributed by atoms with Crippen LogP contribution in [0.15, 0.2) is 36.9 Å². The van der Waals surface area contributed by atoms with E-state index in [1.54, 1.807) is 6.92 Å². The summed E-state index contributed by atoms with van der Waals surface area (Å²) in [5.74, 6) is -56.6. The lowest BCUT2D eigenvalue weighted by molar-refractivity contribution is -0.461. The van der Waals surface area contributed by atoms with Crippen molar-refractivity contribution in [2.24, 2.45) is 5.92 Å². The van der Waals surface area contributed by atoms with Gasteiger partial charge in [0.1, 0.15) is 12.4 Å². The molecule has 0 bridgehead atoms. The second-order valence-electron chi connectivity index (χ2n) is 12.2. The van der Waals surface area contributed by atoms with Gasteiger partial charge in [0, 0.05) is 12.3 Å². The van der Waals surface area contributed by atoms with Crippen molar-refractivity contribution in [2.75, 3.05) is 13.2 Å². The Morgan fingerprint density at radius 2 is 1.04 bits per heavy atom. The van der Waals surface area contributed by atoms with Crippen molar-refractivity contribution in [3.05, 3.63) is 42.5 Å². The highest BCUT2D eigenvalue weighted by atomic mass is 28.4. The fourth-order valence-corrected chi connectivity index (χ4v) is 9.41. The standard InChI is InChI=1S/C29H35F17O3Si/c1-7-18(6)21(47)19-8-10-20(11-9-19)48-13-14-49-50(16(2)3,17(4)5)15-12-22(30,31)23(32,33)24(34,35)25(36,37)26(38,39)27(40,41)28(42,43)29(44,45)46/h7-11,16-18,21,47H,1,12-15H2,2-6H3/t18-,21+/m1/s1. The topological polar surface area (TPSA) is 38.7 Å². The lowest BCUT2D eigenvalue weighted by Gasteiger charge is -2.44. The van der Waals surface area contributed by atoms with Crippen LogP contribution in [0.3, 0.4) is 0 Å². The Morgan fingerprint density at radius 1 is 0.640 bits per heavy atom. The van der Waals surface area contributed by atoms with Crippen LogP contribution in [0.4, 0.5) is 74.6 Å². The van der Waals surface area contributed by atoms with E-state index in [1.807, 2.05) is 0 Å². The minimum absolute atomic E-state index is 0.210. The number of benzene rings is 1. The van der Waals surface area contributed by atoms with Crippen LogP contribution in [0.1, 0.15) is 52.7 Å². The summed E-state index contributed by atoms with van der Waals surface area (Å²) < 4.78 is 244. The molecule has 3 nitrogen and oxygen atoms in total. The fraction of sp³-hybridized carbons (Fsp3) is 0.724. The molecule has 0 fully saturated rings. The Kier molecular flexibility index (Phi) is 13.7. The van der Waals surface area contributed by atoms with Crippen molar-refractivity contribution >= 4 is 8.32 Å². The molecule has 1 aromatic rings. The molecule has 0 aliphatic carbocycles. The van der Waals surface area contributed by atoms with Crippen molar-refractivity contribution in [2.45, 2.75) is 112 Å². The summed E-state index contributed by atoms with van der Waals surface area (Å²) in [6, 6.07) is 4.60. The predicted molar refractivity (Wildman–Crippen MR) is 148 cm³/mol. The van der Waals surface area contributed by atoms with Gasteiger partial charge in [-0.25, -0.2) is 0 Å². The molecule has 0 saturated heterocycles. The van der Waals surface area contributed by atoms with Gasteiger partial charge in [-0.3, -0.25) is 0 Å². The van der Waals surface area contributed by atoms with Crippen LogP contribution in [-0.4, -0.2) is 74.3 Å². The predicted octanol–water partition coefficient (Wildman–Crippen LogP) is 11.1. The molecule has 1 rings (SSSR count). The summed E-state index contributed by atoms with van der Waals surface area (Å²) in [6.45, 7) is 9.83. The minimum atomic E-state index is -8.66. The SMILES string of the molecule is C=C[C@@H](C)[C@H](O)c1ccc(OCCO[Si](CCC(F)(F)C(F)(F)C(F)(F)C(F)(F)C(F)(F)C(F)(F)C(F)(F)C(F)(F)F)(C(C)C)C(C)C)cc1. The number of hydrogen-bond donors (Lipinski definition) is 1. The van der Waals surface area contributed by atoms with Gasteiger partial charge in [-0.2, -0.15) is 74.6 Å². The quantitative estimate of drug-likeness (QED) is 0.0657. The molecule has 292 valence electrons. The van der Waals surface area contributed by atoms with E-state index in [4.69, 9.17) is 9.16 Å². The van der Waals surface area contributed by atoms with E-state index in [2.05, 4.69) is 6.58 Å². The highest BCUT2D eigenvalue weighted by Crippen LogP contribution is 2.64. The molecule has 0 heterocycles. The molecule has 1 N–H and O–H groups in total. The molecule has 0 radical (unpaired) electrons. The monoisotopic (exact) mass is 782 g/mol. The molecule has 21 heteroatoms. The summed E-state index contributed by atoms with van der Waals surface area (Å²) in [5, 5.41) is 10.2. The summed E-state index contributed by atoms with van der Waals surface area (Å²) >= 11 is 0. The van der Waals surface area contributed by atoms with Crippen LogP contribution >= 0.6 is 0 Å². The lowest BCUT2D eigenvalue weighted by atomic mass is 9.88. The van der Waals surface area contributed by atoms with Crippen molar-refractivity contribution in [3.8, 4) is 5.75 Å². The maximum absolute atomic E-state index is 14.8. The molecule has 0 aliphatic heterocycles. The Labute approximate surface area is 276 Å².